The monoisotopic (exact) mass is 635 g/mol. The molecular formula is C35H33N5O7. The molecule has 0 aromatic heterocycles. The minimum atomic E-state index is -0.717. The summed E-state index contributed by atoms with van der Waals surface area (Å²) in [5.74, 6) is -1.46. The molecule has 0 unspecified atom stereocenters. The van der Waals surface area contributed by atoms with Crippen LogP contribution in [0.1, 0.15) is 44.3 Å². The molecule has 0 aliphatic heterocycles. The third kappa shape index (κ3) is 9.11. The molecule has 0 heterocycles. The van der Waals surface area contributed by atoms with Crippen LogP contribution >= 0.6 is 0 Å². The van der Waals surface area contributed by atoms with Crippen LogP contribution in [0.3, 0.4) is 0 Å². The first-order chi connectivity index (χ1) is 22.5. The van der Waals surface area contributed by atoms with Gasteiger partial charge in [-0.1, -0.05) is 30.3 Å². The Labute approximate surface area is 271 Å². The smallest absolute Gasteiger partial charge is 0.343 e. The highest BCUT2D eigenvalue weighted by atomic mass is 16.6. The molecule has 4 aromatic carbocycles. The Morgan fingerprint density at radius 3 is 2.23 bits per heavy atom. The second-order valence-corrected chi connectivity index (χ2v) is 10.4. The lowest BCUT2D eigenvalue weighted by molar-refractivity contribution is -0.385. The van der Waals surface area contributed by atoms with Crippen molar-refractivity contribution in [2.45, 2.75) is 13.8 Å². The number of rotatable bonds is 12. The predicted molar refractivity (Wildman–Crippen MR) is 179 cm³/mol. The molecule has 2 N–H and O–H groups in total. The molecule has 0 saturated carbocycles. The molecule has 12 nitrogen and oxygen atoms in total. The van der Waals surface area contributed by atoms with Gasteiger partial charge in [0.05, 0.1) is 23.3 Å². The third-order valence-corrected chi connectivity index (χ3v) is 6.73. The maximum absolute atomic E-state index is 13.2. The normalized spacial score (nSPS) is 11.1. The number of amides is 2. The predicted octanol–water partition coefficient (Wildman–Crippen LogP) is 5.51. The first kappa shape index (κ1) is 33.6. The number of nitrogens with one attached hydrogen (secondary N) is 2. The van der Waals surface area contributed by atoms with Crippen LogP contribution in [0.15, 0.2) is 102 Å². The number of hydrazone groups is 1. The van der Waals surface area contributed by atoms with Crippen LogP contribution < -0.4 is 25.1 Å². The van der Waals surface area contributed by atoms with E-state index in [9.17, 15) is 24.5 Å². The number of nitro benzene ring substituents is 1. The lowest BCUT2D eigenvalue weighted by atomic mass is 10.1. The Morgan fingerprint density at radius 1 is 0.894 bits per heavy atom. The molecule has 0 saturated heterocycles. The minimum Gasteiger partial charge on any atom is -0.490 e. The van der Waals surface area contributed by atoms with Crippen molar-refractivity contribution >= 4 is 41.4 Å². The molecule has 0 bridgehead atoms. The fourth-order valence-electron chi connectivity index (χ4n) is 4.31. The van der Waals surface area contributed by atoms with Gasteiger partial charge >= 0.3 is 5.97 Å². The zero-order valence-corrected chi connectivity index (χ0v) is 26.2. The van der Waals surface area contributed by atoms with E-state index in [1.807, 2.05) is 43.3 Å². The highest BCUT2D eigenvalue weighted by molar-refractivity contribution is 6.05. The number of aryl methyl sites for hydroxylation is 1. The molecule has 4 rings (SSSR count). The number of hydrogen-bond acceptors (Lipinski definition) is 9. The lowest BCUT2D eigenvalue weighted by Gasteiger charge is -2.13. The van der Waals surface area contributed by atoms with Crippen molar-refractivity contribution in [2.24, 2.45) is 5.10 Å². The molecule has 0 spiro atoms. The molecule has 0 atom stereocenters. The number of nitro groups is 1. The van der Waals surface area contributed by atoms with Gasteiger partial charge in [0, 0.05) is 37.0 Å². The van der Waals surface area contributed by atoms with Crippen molar-refractivity contribution in [3.63, 3.8) is 0 Å². The quantitative estimate of drug-likeness (QED) is 0.0516. The number of carbonyl (C=O) groups excluding carboxylic acids is 3. The second kappa shape index (κ2) is 15.6. The first-order valence-electron chi connectivity index (χ1n) is 14.5. The Kier molecular flexibility index (Phi) is 11.2. The number of nitrogens with zero attached hydrogens (tertiary/aromatic N) is 3. The van der Waals surface area contributed by atoms with E-state index in [0.717, 1.165) is 5.69 Å². The standard InChI is InChI=1S/C35H33N5O7/c1-5-46-32-21-25(13-18-31(32)47-35(43)27-14-17-30(40(44)45)23(2)19-27)22-36-38-34(42)29(37-33(41)26-9-7-6-8-10-26)20-24-11-15-28(16-12-24)39(3)4/h6-22H,5H2,1-4H3,(H,37,41)(H,38,42)/b29-20-,36-22+. The number of anilines is 1. The molecule has 2 amide bonds. The van der Waals surface area contributed by atoms with Crippen molar-refractivity contribution in [3.05, 3.63) is 135 Å². The summed E-state index contributed by atoms with van der Waals surface area (Å²) in [5, 5.41) is 17.8. The molecule has 0 aliphatic rings. The maximum atomic E-state index is 13.2. The van der Waals surface area contributed by atoms with E-state index in [1.54, 1.807) is 55.5 Å². The van der Waals surface area contributed by atoms with Crippen LogP contribution in [0.25, 0.3) is 6.08 Å². The average Bonchev–Trinajstić information content (AvgIpc) is 3.06. The Balaban J connectivity index is 1.50. The van der Waals surface area contributed by atoms with Crippen LogP contribution in [0.5, 0.6) is 11.5 Å². The lowest BCUT2D eigenvalue weighted by Crippen LogP contribution is -2.32. The van der Waals surface area contributed by atoms with Crippen molar-refractivity contribution in [2.75, 3.05) is 25.6 Å². The Morgan fingerprint density at radius 2 is 1.60 bits per heavy atom. The summed E-state index contributed by atoms with van der Waals surface area (Å²) in [6, 6.07) is 24.6. The van der Waals surface area contributed by atoms with Crippen LogP contribution in [-0.4, -0.2) is 49.6 Å². The van der Waals surface area contributed by atoms with Gasteiger partial charge in [0.25, 0.3) is 17.5 Å². The van der Waals surface area contributed by atoms with Gasteiger partial charge in [-0.2, -0.15) is 5.10 Å². The van der Waals surface area contributed by atoms with Crippen LogP contribution in [0, 0.1) is 17.0 Å². The van der Waals surface area contributed by atoms with E-state index in [-0.39, 0.29) is 35.1 Å². The highest BCUT2D eigenvalue weighted by Gasteiger charge is 2.18. The fourth-order valence-corrected chi connectivity index (χ4v) is 4.31. The van der Waals surface area contributed by atoms with Gasteiger partial charge in [-0.05, 0) is 85.6 Å². The summed E-state index contributed by atoms with van der Waals surface area (Å²) >= 11 is 0. The number of carbonyl (C=O) groups is 3. The highest BCUT2D eigenvalue weighted by Crippen LogP contribution is 2.29. The van der Waals surface area contributed by atoms with Gasteiger partial charge in [0.15, 0.2) is 11.5 Å². The van der Waals surface area contributed by atoms with E-state index in [2.05, 4.69) is 15.8 Å². The number of hydrogen-bond donors (Lipinski definition) is 2. The average molecular weight is 636 g/mol. The summed E-state index contributed by atoms with van der Waals surface area (Å²) in [6.07, 6.45) is 2.92. The molecule has 12 heteroatoms. The maximum Gasteiger partial charge on any atom is 0.343 e. The van der Waals surface area contributed by atoms with Crippen LogP contribution in [0.2, 0.25) is 0 Å². The largest absolute Gasteiger partial charge is 0.490 e. The molecule has 0 aliphatic carbocycles. The van der Waals surface area contributed by atoms with Crippen molar-refractivity contribution in [3.8, 4) is 11.5 Å². The number of benzene rings is 4. The molecule has 240 valence electrons. The summed E-state index contributed by atoms with van der Waals surface area (Å²) in [6.45, 7) is 3.56. The summed E-state index contributed by atoms with van der Waals surface area (Å²) in [4.78, 5) is 51.4. The zero-order valence-electron chi connectivity index (χ0n) is 26.2. The van der Waals surface area contributed by atoms with Gasteiger partial charge in [-0.15, -0.1) is 0 Å². The van der Waals surface area contributed by atoms with Gasteiger partial charge in [0.1, 0.15) is 5.70 Å². The minimum absolute atomic E-state index is 0.0210. The second-order valence-electron chi connectivity index (χ2n) is 10.4. The molecular weight excluding hydrogens is 602 g/mol. The zero-order chi connectivity index (χ0) is 33.9. The number of esters is 1. The van der Waals surface area contributed by atoms with E-state index in [0.29, 0.717) is 22.3 Å². The van der Waals surface area contributed by atoms with Crippen LogP contribution in [0.4, 0.5) is 11.4 Å². The fraction of sp³-hybridized carbons (Fsp3) is 0.143. The molecule has 4 aromatic rings. The van der Waals surface area contributed by atoms with Gasteiger partial charge < -0.3 is 19.7 Å². The topological polar surface area (TPSA) is 152 Å². The van der Waals surface area contributed by atoms with E-state index in [1.165, 1.54) is 37.4 Å². The van der Waals surface area contributed by atoms with E-state index >= 15 is 0 Å². The van der Waals surface area contributed by atoms with Gasteiger partial charge in [0.2, 0.25) is 0 Å². The molecule has 0 radical (unpaired) electrons. The van der Waals surface area contributed by atoms with Crippen molar-refractivity contribution in [1.29, 1.82) is 0 Å². The molecule has 0 fully saturated rings. The van der Waals surface area contributed by atoms with Crippen molar-refractivity contribution < 1.29 is 28.8 Å². The summed E-state index contributed by atoms with van der Waals surface area (Å²) in [7, 11) is 3.84. The van der Waals surface area contributed by atoms with Crippen molar-refractivity contribution in [1.82, 2.24) is 10.7 Å². The summed E-state index contributed by atoms with van der Waals surface area (Å²) < 4.78 is 11.2. The van der Waals surface area contributed by atoms with E-state index < -0.39 is 22.7 Å². The Hall–Kier alpha value is -6.30. The van der Waals surface area contributed by atoms with E-state index in [4.69, 9.17) is 9.47 Å². The summed E-state index contributed by atoms with van der Waals surface area (Å²) in [5.41, 5.74) is 5.33. The number of ether oxygens (including phenoxy) is 2. The molecule has 47 heavy (non-hydrogen) atoms. The third-order valence-electron chi connectivity index (χ3n) is 6.73. The van der Waals surface area contributed by atoms with Gasteiger partial charge in [-0.3, -0.25) is 19.7 Å². The first-order valence-corrected chi connectivity index (χ1v) is 14.5. The van der Waals surface area contributed by atoms with Crippen LogP contribution in [-0.2, 0) is 4.79 Å². The van der Waals surface area contributed by atoms with Gasteiger partial charge in [-0.25, -0.2) is 10.2 Å². The SMILES string of the molecule is CCOc1cc(/C=N/NC(=O)/C(=C/c2ccc(N(C)C)cc2)NC(=O)c2ccccc2)ccc1OC(=O)c1ccc([N+](=O)[O-])c(C)c1. The Bertz CT molecular complexity index is 1840.